The highest BCUT2D eigenvalue weighted by molar-refractivity contribution is 6.42. The summed E-state index contributed by atoms with van der Waals surface area (Å²) in [4.78, 5) is 15.0. The Morgan fingerprint density at radius 1 is 0.879 bits per heavy atom. The van der Waals surface area contributed by atoms with Crippen LogP contribution in [0.25, 0.3) is 0 Å². The number of methoxy groups -OCH3 is 2. The summed E-state index contributed by atoms with van der Waals surface area (Å²) in [6, 6.07) is 18.6. The molecule has 1 amide bonds. The number of nitrogens with zero attached hydrogens (tertiary/aromatic N) is 1. The van der Waals surface area contributed by atoms with E-state index in [1.54, 1.807) is 26.4 Å². The molecule has 1 fully saturated rings. The van der Waals surface area contributed by atoms with E-state index in [9.17, 15) is 4.79 Å². The van der Waals surface area contributed by atoms with Crippen LogP contribution in [0.2, 0.25) is 10.0 Å². The number of ether oxygens (including phenoxy) is 3. The average Bonchev–Trinajstić information content (AvgIpc) is 2.83. The van der Waals surface area contributed by atoms with Gasteiger partial charge in [0, 0.05) is 6.54 Å². The second-order valence-corrected chi connectivity index (χ2v) is 8.71. The minimum absolute atomic E-state index is 0.0604. The van der Waals surface area contributed by atoms with Crippen LogP contribution in [0, 0.1) is 6.92 Å². The molecule has 4 rings (SSSR count). The molecule has 0 unspecified atom stereocenters. The van der Waals surface area contributed by atoms with Crippen molar-refractivity contribution in [2.45, 2.75) is 25.5 Å². The Labute approximate surface area is 203 Å². The molecule has 0 aromatic heterocycles. The molecule has 2 atom stereocenters. The maximum Gasteiger partial charge on any atom is 0.266 e. The Bertz CT molecular complexity index is 1170. The van der Waals surface area contributed by atoms with E-state index >= 15 is 0 Å². The zero-order chi connectivity index (χ0) is 23.5. The number of hydrogen-bond donors (Lipinski definition) is 0. The van der Waals surface area contributed by atoms with Crippen molar-refractivity contribution in [3.63, 3.8) is 0 Å². The minimum Gasteiger partial charge on any atom is -0.493 e. The van der Waals surface area contributed by atoms with Gasteiger partial charge < -0.3 is 19.1 Å². The van der Waals surface area contributed by atoms with Gasteiger partial charge in [-0.05, 0) is 60.4 Å². The summed E-state index contributed by atoms with van der Waals surface area (Å²) in [6.07, 6.45) is 0.0230. The minimum atomic E-state index is -0.631. The standard InChI is InChI=1S/C26H25Cl2NO4/c1-16-6-4-5-7-21(16)33-25-24(18-9-10-19(27)20(28)15-18)29(26(25)30)13-12-17-8-11-22(31-2)23(14-17)32-3/h4-11,14-15,24-25H,12-13H2,1-3H3/t24-,25-/m0/s1. The largest absolute Gasteiger partial charge is 0.493 e. The fraction of sp³-hybridized carbons (Fsp3) is 0.269. The summed E-state index contributed by atoms with van der Waals surface area (Å²) in [7, 11) is 3.21. The first-order valence-corrected chi connectivity index (χ1v) is 11.4. The second-order valence-electron chi connectivity index (χ2n) is 7.89. The van der Waals surface area contributed by atoms with E-state index in [0.717, 1.165) is 16.7 Å². The number of benzene rings is 3. The van der Waals surface area contributed by atoms with Crippen LogP contribution in [-0.2, 0) is 11.2 Å². The van der Waals surface area contributed by atoms with E-state index in [-0.39, 0.29) is 11.9 Å². The van der Waals surface area contributed by atoms with Crippen molar-refractivity contribution < 1.29 is 19.0 Å². The van der Waals surface area contributed by atoms with E-state index in [1.165, 1.54) is 0 Å². The van der Waals surface area contributed by atoms with Gasteiger partial charge in [0.2, 0.25) is 6.10 Å². The molecule has 0 saturated carbocycles. The third-order valence-corrected chi connectivity index (χ3v) is 6.61. The number of carbonyl (C=O) groups is 1. The van der Waals surface area contributed by atoms with Crippen LogP contribution in [0.15, 0.2) is 60.7 Å². The molecule has 1 aliphatic rings. The molecule has 1 saturated heterocycles. The zero-order valence-electron chi connectivity index (χ0n) is 18.7. The van der Waals surface area contributed by atoms with E-state index in [0.29, 0.717) is 40.3 Å². The molecular weight excluding hydrogens is 461 g/mol. The van der Waals surface area contributed by atoms with Crippen LogP contribution in [0.3, 0.4) is 0 Å². The lowest BCUT2D eigenvalue weighted by Gasteiger charge is -2.47. The summed E-state index contributed by atoms with van der Waals surface area (Å²) in [5.41, 5.74) is 2.90. The van der Waals surface area contributed by atoms with Crippen molar-refractivity contribution in [3.8, 4) is 17.2 Å². The third-order valence-electron chi connectivity index (χ3n) is 5.87. The number of likely N-dealkylation sites (tertiary alicyclic amines) is 1. The number of halogens is 2. The highest BCUT2D eigenvalue weighted by Crippen LogP contribution is 2.40. The maximum atomic E-state index is 13.2. The lowest BCUT2D eigenvalue weighted by Crippen LogP contribution is -2.61. The third kappa shape index (κ3) is 4.75. The molecule has 0 aliphatic carbocycles. The fourth-order valence-corrected chi connectivity index (χ4v) is 4.35. The summed E-state index contributed by atoms with van der Waals surface area (Å²) >= 11 is 12.4. The summed E-state index contributed by atoms with van der Waals surface area (Å²) < 4.78 is 16.9. The first kappa shape index (κ1) is 23.3. The smallest absolute Gasteiger partial charge is 0.266 e. The highest BCUT2D eigenvalue weighted by atomic mass is 35.5. The normalized spacial score (nSPS) is 17.5. The summed E-state index contributed by atoms with van der Waals surface area (Å²) in [6.45, 7) is 2.48. The highest BCUT2D eigenvalue weighted by Gasteiger charge is 2.50. The van der Waals surface area contributed by atoms with Crippen LogP contribution in [0.5, 0.6) is 17.2 Å². The van der Waals surface area contributed by atoms with Crippen LogP contribution in [0.4, 0.5) is 0 Å². The molecule has 0 spiro atoms. The van der Waals surface area contributed by atoms with E-state index < -0.39 is 6.10 Å². The van der Waals surface area contributed by atoms with Gasteiger partial charge in [-0.2, -0.15) is 0 Å². The van der Waals surface area contributed by atoms with Gasteiger partial charge in [0.25, 0.3) is 5.91 Å². The molecule has 1 aliphatic heterocycles. The molecule has 0 N–H and O–H groups in total. The van der Waals surface area contributed by atoms with Crippen molar-refractivity contribution in [1.29, 1.82) is 0 Å². The predicted octanol–water partition coefficient (Wildman–Crippen LogP) is 5.89. The van der Waals surface area contributed by atoms with Gasteiger partial charge in [0.1, 0.15) is 11.8 Å². The molecule has 172 valence electrons. The van der Waals surface area contributed by atoms with Crippen LogP contribution >= 0.6 is 23.2 Å². The Morgan fingerprint density at radius 2 is 1.64 bits per heavy atom. The summed E-state index contributed by atoms with van der Waals surface area (Å²) in [5, 5.41) is 0.919. The van der Waals surface area contributed by atoms with E-state index in [1.807, 2.05) is 60.4 Å². The van der Waals surface area contributed by atoms with Gasteiger partial charge in [-0.3, -0.25) is 4.79 Å². The molecular formula is C26H25Cl2NO4. The van der Waals surface area contributed by atoms with Crippen molar-refractivity contribution in [1.82, 2.24) is 4.90 Å². The van der Waals surface area contributed by atoms with Crippen molar-refractivity contribution in [3.05, 3.63) is 87.4 Å². The average molecular weight is 486 g/mol. The molecule has 33 heavy (non-hydrogen) atoms. The number of β-lactam (4-membered cyclic amide) rings is 1. The SMILES string of the molecule is COc1ccc(CCN2C(=O)[C@@H](Oc3ccccc3C)[C@@H]2c2ccc(Cl)c(Cl)c2)cc1OC. The summed E-state index contributed by atoms with van der Waals surface area (Å²) in [5.74, 6) is 1.96. The lowest BCUT2D eigenvalue weighted by molar-refractivity contribution is -0.164. The predicted molar refractivity (Wildman–Crippen MR) is 130 cm³/mol. The van der Waals surface area contributed by atoms with Gasteiger partial charge >= 0.3 is 0 Å². The van der Waals surface area contributed by atoms with E-state index in [2.05, 4.69) is 0 Å². The number of para-hydroxylation sites is 1. The molecule has 0 radical (unpaired) electrons. The number of aryl methyl sites for hydroxylation is 1. The molecule has 1 heterocycles. The first-order chi connectivity index (χ1) is 15.9. The molecule has 3 aromatic carbocycles. The van der Waals surface area contributed by atoms with Gasteiger partial charge in [-0.25, -0.2) is 0 Å². The molecule has 3 aromatic rings. The Morgan fingerprint density at radius 3 is 2.33 bits per heavy atom. The molecule has 7 heteroatoms. The Kier molecular flexibility index (Phi) is 7.01. The zero-order valence-corrected chi connectivity index (χ0v) is 20.2. The second kappa shape index (κ2) is 9.94. The van der Waals surface area contributed by atoms with E-state index in [4.69, 9.17) is 37.4 Å². The van der Waals surface area contributed by atoms with Gasteiger partial charge in [0.05, 0.1) is 24.3 Å². The van der Waals surface area contributed by atoms with Crippen LogP contribution in [-0.4, -0.2) is 37.7 Å². The van der Waals surface area contributed by atoms with Crippen LogP contribution < -0.4 is 14.2 Å². The molecule has 0 bridgehead atoms. The van der Waals surface area contributed by atoms with Gasteiger partial charge in [-0.1, -0.05) is 53.5 Å². The number of amides is 1. The Balaban J connectivity index is 1.57. The number of carbonyl (C=O) groups excluding carboxylic acids is 1. The molecule has 5 nitrogen and oxygen atoms in total. The number of hydrogen-bond acceptors (Lipinski definition) is 4. The van der Waals surface area contributed by atoms with Crippen molar-refractivity contribution in [2.75, 3.05) is 20.8 Å². The fourth-order valence-electron chi connectivity index (χ4n) is 4.04. The Hall–Kier alpha value is -2.89. The van der Waals surface area contributed by atoms with Gasteiger partial charge in [0.15, 0.2) is 11.5 Å². The monoisotopic (exact) mass is 485 g/mol. The lowest BCUT2D eigenvalue weighted by atomic mass is 9.89. The topological polar surface area (TPSA) is 48.0 Å². The maximum absolute atomic E-state index is 13.2. The quantitative estimate of drug-likeness (QED) is 0.373. The van der Waals surface area contributed by atoms with Crippen LogP contribution in [0.1, 0.15) is 22.7 Å². The van der Waals surface area contributed by atoms with Gasteiger partial charge in [-0.15, -0.1) is 0 Å². The van der Waals surface area contributed by atoms with Crippen molar-refractivity contribution >= 4 is 29.1 Å². The first-order valence-electron chi connectivity index (χ1n) is 10.6. The number of rotatable bonds is 8. The van der Waals surface area contributed by atoms with Crippen molar-refractivity contribution in [2.24, 2.45) is 0 Å².